The quantitative estimate of drug-likeness (QED) is 0.191. The van der Waals surface area contributed by atoms with Crippen molar-refractivity contribution in [1.29, 1.82) is 0 Å². The zero-order chi connectivity index (χ0) is 33.5. The number of alkyl carbamates (subject to hydrolysis) is 1. The number of carbonyl (C=O) groups excluding carboxylic acids is 2. The Balaban J connectivity index is 1.44. The number of carbonyl (C=O) groups is 2. The molecule has 2 heterocycles. The molecule has 1 aromatic heterocycles. The number of amides is 2. The van der Waals surface area contributed by atoms with Gasteiger partial charge in [-0.3, -0.25) is 9.69 Å². The lowest BCUT2D eigenvalue weighted by molar-refractivity contribution is -0.119. The highest BCUT2D eigenvalue weighted by molar-refractivity contribution is 6.35. The Bertz CT molecular complexity index is 1480. The molecule has 0 aliphatic carbocycles. The van der Waals surface area contributed by atoms with Crippen LogP contribution in [0.15, 0.2) is 54.7 Å². The first-order valence-corrected chi connectivity index (χ1v) is 16.3. The third kappa shape index (κ3) is 11.7. The lowest BCUT2D eigenvalue weighted by atomic mass is 9.96. The van der Waals surface area contributed by atoms with Crippen molar-refractivity contribution in [3.05, 3.63) is 70.3 Å². The molecule has 0 atom stereocenters. The number of ether oxygens (including phenoxy) is 2. The number of piperidine rings is 1. The van der Waals surface area contributed by atoms with Gasteiger partial charge in [-0.1, -0.05) is 23.2 Å². The second-order valence-electron chi connectivity index (χ2n) is 13.5. The van der Waals surface area contributed by atoms with Crippen LogP contribution in [-0.4, -0.2) is 59.2 Å². The highest BCUT2D eigenvalue weighted by atomic mass is 35.5. The van der Waals surface area contributed by atoms with Crippen molar-refractivity contribution < 1.29 is 19.1 Å². The lowest BCUT2D eigenvalue weighted by Gasteiger charge is -2.32. The smallest absolute Gasteiger partial charge is 0.408 e. The molecule has 248 valence electrons. The molecule has 1 aliphatic heterocycles. The van der Waals surface area contributed by atoms with Gasteiger partial charge < -0.3 is 25.4 Å². The van der Waals surface area contributed by atoms with Gasteiger partial charge in [-0.25, -0.2) is 9.78 Å². The van der Waals surface area contributed by atoms with E-state index >= 15 is 0 Å². The molecule has 4 rings (SSSR count). The number of benzene rings is 2. The number of rotatable bonds is 11. The molecule has 1 fully saturated rings. The van der Waals surface area contributed by atoms with E-state index in [0.29, 0.717) is 39.8 Å². The monoisotopic (exact) mass is 669 g/mol. The molecule has 3 N–H and O–H groups in total. The van der Waals surface area contributed by atoms with Gasteiger partial charge in [0.25, 0.3) is 0 Å². The van der Waals surface area contributed by atoms with Crippen LogP contribution in [-0.2, 0) is 16.1 Å². The fourth-order valence-electron chi connectivity index (χ4n) is 5.21. The molecule has 0 unspecified atom stereocenters. The van der Waals surface area contributed by atoms with Crippen molar-refractivity contribution in [3.63, 3.8) is 0 Å². The van der Waals surface area contributed by atoms with Crippen LogP contribution in [0.2, 0.25) is 10.0 Å². The van der Waals surface area contributed by atoms with Crippen LogP contribution in [0, 0.1) is 5.92 Å². The second kappa shape index (κ2) is 15.4. The van der Waals surface area contributed by atoms with E-state index in [-0.39, 0.29) is 5.91 Å². The average molecular weight is 671 g/mol. The summed E-state index contributed by atoms with van der Waals surface area (Å²) < 4.78 is 11.7. The molecule has 0 saturated carbocycles. The summed E-state index contributed by atoms with van der Waals surface area (Å²) >= 11 is 12.7. The predicted octanol–water partition coefficient (Wildman–Crippen LogP) is 7.91. The van der Waals surface area contributed by atoms with Crippen LogP contribution in [0.5, 0.6) is 11.5 Å². The first kappa shape index (κ1) is 35.3. The molecule has 3 aromatic rings. The van der Waals surface area contributed by atoms with Crippen molar-refractivity contribution in [3.8, 4) is 22.6 Å². The van der Waals surface area contributed by atoms with E-state index in [2.05, 4.69) is 38.0 Å². The number of halogens is 2. The van der Waals surface area contributed by atoms with E-state index in [9.17, 15) is 9.59 Å². The van der Waals surface area contributed by atoms with Crippen molar-refractivity contribution in [2.45, 2.75) is 72.1 Å². The molecular weight excluding hydrogens is 625 g/mol. The standard InChI is InChI=1S/C35H45Cl2N5O4/c1-23(43)38-19-24-9-11-42(12-10-24)21-25-13-26(27-15-28(36)18-29(37)16-27)17-31(14-25)45-30-7-8-32(39-20-30)40-22-35(5,6)41-33(44)46-34(2,3)4/h7-8,13-18,20,24H,9-12,19,21-22H2,1-6H3,(H,38,43)(H,39,40)(H,41,44). The number of pyridine rings is 1. The Hall–Kier alpha value is -3.53. The second-order valence-corrected chi connectivity index (χ2v) is 14.4. The average Bonchev–Trinajstić information content (AvgIpc) is 2.94. The first-order valence-electron chi connectivity index (χ1n) is 15.6. The zero-order valence-electron chi connectivity index (χ0n) is 27.5. The van der Waals surface area contributed by atoms with Crippen LogP contribution >= 0.6 is 23.2 Å². The normalized spacial score (nSPS) is 14.4. The highest BCUT2D eigenvalue weighted by Gasteiger charge is 2.25. The fraction of sp³-hybridized carbons (Fsp3) is 0.457. The van der Waals surface area contributed by atoms with Crippen LogP contribution < -0.4 is 20.7 Å². The minimum Gasteiger partial charge on any atom is -0.456 e. The van der Waals surface area contributed by atoms with Gasteiger partial charge in [0, 0.05) is 36.6 Å². The molecule has 9 nitrogen and oxygen atoms in total. The van der Waals surface area contributed by atoms with E-state index in [1.807, 2.05) is 65.0 Å². The SMILES string of the molecule is CC(=O)NCC1CCN(Cc2cc(Oc3ccc(NCC(C)(C)NC(=O)OC(C)(C)C)nc3)cc(-c3cc(Cl)cc(Cl)c3)c2)CC1. The summed E-state index contributed by atoms with van der Waals surface area (Å²) in [6, 6.07) is 15.4. The van der Waals surface area contributed by atoms with Gasteiger partial charge in [-0.2, -0.15) is 0 Å². The lowest BCUT2D eigenvalue weighted by Crippen LogP contribution is -2.50. The molecule has 11 heteroatoms. The summed E-state index contributed by atoms with van der Waals surface area (Å²) in [5.41, 5.74) is 1.82. The summed E-state index contributed by atoms with van der Waals surface area (Å²) in [5, 5.41) is 10.2. The minimum absolute atomic E-state index is 0.0190. The first-order chi connectivity index (χ1) is 21.6. The number of hydrogen-bond acceptors (Lipinski definition) is 7. The van der Waals surface area contributed by atoms with Gasteiger partial charge in [0.05, 0.1) is 11.7 Å². The van der Waals surface area contributed by atoms with Gasteiger partial charge in [-0.15, -0.1) is 0 Å². The number of likely N-dealkylation sites (tertiary alicyclic amines) is 1. The number of anilines is 1. The van der Waals surface area contributed by atoms with Crippen LogP contribution in [0.4, 0.5) is 10.6 Å². The third-order valence-corrected chi connectivity index (χ3v) is 7.87. The van der Waals surface area contributed by atoms with Gasteiger partial charge in [0.2, 0.25) is 5.91 Å². The van der Waals surface area contributed by atoms with Crippen molar-refractivity contribution >= 4 is 41.0 Å². The van der Waals surface area contributed by atoms with Crippen LogP contribution in [0.3, 0.4) is 0 Å². The van der Waals surface area contributed by atoms with Crippen molar-refractivity contribution in [2.75, 3.05) is 31.5 Å². The number of hydrogen-bond donors (Lipinski definition) is 3. The molecule has 46 heavy (non-hydrogen) atoms. The highest BCUT2D eigenvalue weighted by Crippen LogP contribution is 2.33. The van der Waals surface area contributed by atoms with E-state index < -0.39 is 17.2 Å². The van der Waals surface area contributed by atoms with Crippen molar-refractivity contribution in [1.82, 2.24) is 20.5 Å². The summed E-state index contributed by atoms with van der Waals surface area (Å²) in [4.78, 5) is 30.5. The largest absolute Gasteiger partial charge is 0.456 e. The topological polar surface area (TPSA) is 105 Å². The molecule has 0 radical (unpaired) electrons. The number of nitrogens with zero attached hydrogens (tertiary/aromatic N) is 2. The van der Waals surface area contributed by atoms with Crippen molar-refractivity contribution in [2.24, 2.45) is 5.92 Å². The molecule has 1 aliphatic rings. The Morgan fingerprint density at radius 1 is 0.935 bits per heavy atom. The molecule has 2 amide bonds. The van der Waals surface area contributed by atoms with Gasteiger partial charge in [-0.05, 0) is 132 Å². The van der Waals surface area contributed by atoms with E-state index in [0.717, 1.165) is 55.7 Å². The fourth-order valence-corrected chi connectivity index (χ4v) is 5.74. The molecule has 0 bridgehead atoms. The molecule has 1 saturated heterocycles. The number of aromatic nitrogens is 1. The van der Waals surface area contributed by atoms with E-state index in [1.54, 1.807) is 19.2 Å². The summed E-state index contributed by atoms with van der Waals surface area (Å²) in [7, 11) is 0. The van der Waals surface area contributed by atoms with Gasteiger partial charge in [0.15, 0.2) is 0 Å². The third-order valence-electron chi connectivity index (χ3n) is 7.44. The number of nitrogens with one attached hydrogen (secondary N) is 3. The van der Waals surface area contributed by atoms with E-state index in [4.69, 9.17) is 32.7 Å². The van der Waals surface area contributed by atoms with Crippen LogP contribution in [0.25, 0.3) is 11.1 Å². The molecule has 0 spiro atoms. The predicted molar refractivity (Wildman–Crippen MR) is 185 cm³/mol. The Morgan fingerprint density at radius 3 is 2.22 bits per heavy atom. The van der Waals surface area contributed by atoms with Gasteiger partial charge >= 0.3 is 6.09 Å². The Kier molecular flexibility index (Phi) is 11.8. The van der Waals surface area contributed by atoms with E-state index in [1.165, 1.54) is 0 Å². The zero-order valence-corrected chi connectivity index (χ0v) is 29.0. The summed E-state index contributed by atoms with van der Waals surface area (Å²) in [5.74, 6) is 2.43. The van der Waals surface area contributed by atoms with Crippen LogP contribution in [0.1, 0.15) is 59.9 Å². The summed E-state index contributed by atoms with van der Waals surface area (Å²) in [6.07, 6.45) is 3.27. The molecule has 2 aromatic carbocycles. The Morgan fingerprint density at radius 2 is 1.61 bits per heavy atom. The molecular formula is C35H45Cl2N5O4. The Labute approximate surface area is 282 Å². The minimum atomic E-state index is -0.570. The maximum atomic E-state index is 12.2. The summed E-state index contributed by atoms with van der Waals surface area (Å²) in [6.45, 7) is 14.7. The maximum Gasteiger partial charge on any atom is 0.408 e. The van der Waals surface area contributed by atoms with Gasteiger partial charge in [0.1, 0.15) is 22.9 Å². The maximum absolute atomic E-state index is 12.2.